The second kappa shape index (κ2) is 8.55. The highest BCUT2D eigenvalue weighted by molar-refractivity contribution is 5.78. The van der Waals surface area contributed by atoms with Crippen molar-refractivity contribution in [2.75, 3.05) is 7.11 Å². The van der Waals surface area contributed by atoms with Crippen LogP contribution in [0.3, 0.4) is 0 Å². The molecule has 2 atom stereocenters. The number of rotatable bonds is 8. The molecule has 0 aliphatic heterocycles. The number of hydrogen-bond donors (Lipinski definition) is 0. The van der Waals surface area contributed by atoms with Gasteiger partial charge in [0, 0.05) is 30.4 Å². The first-order chi connectivity index (χ1) is 12.1. The molecule has 2 aromatic carbocycles. The number of non-ortho nitro benzene ring substituents is 1. The summed E-state index contributed by atoms with van der Waals surface area (Å²) in [6.45, 7) is 1.19. The molecule has 0 aliphatic rings. The number of nitro groups is 1. The molecule has 2 aromatic rings. The van der Waals surface area contributed by atoms with E-state index in [1.165, 1.54) is 37.8 Å². The number of benzene rings is 2. The van der Waals surface area contributed by atoms with E-state index in [0.717, 1.165) is 0 Å². The van der Waals surface area contributed by atoms with Crippen LogP contribution in [0, 0.1) is 10.1 Å². The van der Waals surface area contributed by atoms with Crippen LogP contribution in [0.1, 0.15) is 23.5 Å². The summed E-state index contributed by atoms with van der Waals surface area (Å²) in [6.07, 6.45) is -2.41. The van der Waals surface area contributed by atoms with Crippen molar-refractivity contribution in [1.82, 2.24) is 0 Å². The van der Waals surface area contributed by atoms with Crippen molar-refractivity contribution in [3.8, 4) is 0 Å². The van der Waals surface area contributed by atoms with Crippen molar-refractivity contribution >= 4 is 18.1 Å². The van der Waals surface area contributed by atoms with E-state index in [0.29, 0.717) is 5.56 Å². The summed E-state index contributed by atoms with van der Waals surface area (Å²) in [5.41, 5.74) is 0.641. The molecule has 0 saturated heterocycles. The molecule has 2 rings (SSSR count). The van der Waals surface area contributed by atoms with Gasteiger partial charge in [0.15, 0.2) is 0 Å². The van der Waals surface area contributed by atoms with Crippen molar-refractivity contribution in [2.24, 2.45) is 0 Å². The third-order valence-electron chi connectivity index (χ3n) is 3.30. The van der Waals surface area contributed by atoms with Gasteiger partial charge in [-0.15, -0.1) is 0 Å². The molecule has 129 valence electrons. The van der Waals surface area contributed by atoms with E-state index >= 15 is 0 Å². The number of ether oxygens (including phenoxy) is 3. The summed E-state index contributed by atoms with van der Waals surface area (Å²) < 4.78 is 15.0. The first-order valence-electron chi connectivity index (χ1n) is 7.12. The number of esters is 1. The van der Waals surface area contributed by atoms with Crippen LogP contribution in [0.2, 0.25) is 0 Å². The van der Waals surface area contributed by atoms with Crippen molar-refractivity contribution in [3.63, 3.8) is 0 Å². The topological polar surface area (TPSA) is 105 Å². The van der Waals surface area contributed by atoms with Crippen LogP contribution >= 0.6 is 0 Å². The van der Waals surface area contributed by atoms with Gasteiger partial charge >= 0.3 is 12.4 Å². The number of nitrogens with zero attached hydrogens (tertiary/aromatic N) is 1. The van der Waals surface area contributed by atoms with Gasteiger partial charge in [0.1, 0.15) is 0 Å². The second-order valence-corrected chi connectivity index (χ2v) is 4.85. The number of hydrogen-bond acceptors (Lipinski definition) is 7. The summed E-state index contributed by atoms with van der Waals surface area (Å²) in [7, 11) is 1.36. The zero-order valence-corrected chi connectivity index (χ0v) is 13.2. The van der Waals surface area contributed by atoms with E-state index in [1.807, 2.05) is 0 Å². The molecule has 8 heteroatoms. The van der Waals surface area contributed by atoms with Gasteiger partial charge in [-0.05, 0) is 12.1 Å². The molecule has 25 heavy (non-hydrogen) atoms. The summed E-state index contributed by atoms with van der Waals surface area (Å²) in [5, 5.41) is 10.7. The Kier molecular flexibility index (Phi) is 6.19. The van der Waals surface area contributed by atoms with Crippen LogP contribution in [0.15, 0.2) is 54.6 Å². The Balaban J connectivity index is 2.19. The van der Waals surface area contributed by atoms with Gasteiger partial charge in [-0.2, -0.15) is 0 Å². The number of carbonyl (C=O) groups excluding carboxylic acids is 2. The lowest BCUT2D eigenvalue weighted by Crippen LogP contribution is -2.22. The first kappa shape index (κ1) is 18.1. The highest BCUT2D eigenvalue weighted by Gasteiger charge is 2.28. The van der Waals surface area contributed by atoms with Gasteiger partial charge in [0.25, 0.3) is 5.69 Å². The normalized spacial score (nSPS) is 12.7. The Bertz CT molecular complexity index is 730. The highest BCUT2D eigenvalue weighted by atomic mass is 16.7. The third-order valence-corrected chi connectivity index (χ3v) is 3.30. The van der Waals surface area contributed by atoms with E-state index < -0.39 is 23.3 Å². The maximum absolute atomic E-state index is 12.4. The maximum atomic E-state index is 12.4. The van der Waals surface area contributed by atoms with Gasteiger partial charge in [0.2, 0.25) is 12.4 Å². The molecule has 0 spiro atoms. The molecule has 0 fully saturated rings. The fraction of sp³-hybridized carbons (Fsp3) is 0.176. The quantitative estimate of drug-likeness (QED) is 0.314. The Morgan fingerprint density at radius 3 is 2.24 bits per heavy atom. The lowest BCUT2D eigenvalue weighted by molar-refractivity contribution is -0.384. The van der Waals surface area contributed by atoms with Gasteiger partial charge in [-0.25, -0.2) is 9.59 Å². The average molecular weight is 344 g/mol. The molecule has 0 bridgehead atoms. The van der Waals surface area contributed by atoms with Crippen LogP contribution in [0.5, 0.6) is 0 Å². The summed E-state index contributed by atoms with van der Waals surface area (Å²) in [4.78, 5) is 33.1. The molecule has 0 heterocycles. The van der Waals surface area contributed by atoms with Crippen LogP contribution in [0.4, 0.5) is 5.69 Å². The summed E-state index contributed by atoms with van der Waals surface area (Å²) in [5.74, 6) is -0.895. The van der Waals surface area contributed by atoms with Crippen LogP contribution in [-0.2, 0) is 23.8 Å². The third kappa shape index (κ3) is 4.61. The number of carbonyl (C=O) groups is 1. The molecule has 0 saturated carbocycles. The molecule has 0 amide bonds. The molecular formula is C17H14NO7. The fourth-order valence-corrected chi connectivity index (χ4v) is 2.10. The maximum Gasteiger partial charge on any atom is 0.418 e. The Labute approximate surface area is 143 Å². The van der Waals surface area contributed by atoms with Gasteiger partial charge in [-0.1, -0.05) is 30.3 Å². The monoisotopic (exact) mass is 344 g/mol. The summed E-state index contributed by atoms with van der Waals surface area (Å²) >= 11 is 0. The Morgan fingerprint density at radius 2 is 1.72 bits per heavy atom. The van der Waals surface area contributed by atoms with Gasteiger partial charge < -0.3 is 14.2 Å². The smallest absolute Gasteiger partial charge is 0.418 e. The fourth-order valence-electron chi connectivity index (χ4n) is 2.10. The second-order valence-electron chi connectivity index (χ2n) is 4.85. The van der Waals surface area contributed by atoms with E-state index in [9.17, 15) is 19.7 Å². The molecule has 0 aromatic heterocycles. The van der Waals surface area contributed by atoms with Crippen LogP contribution in [0.25, 0.3) is 0 Å². The van der Waals surface area contributed by atoms with Gasteiger partial charge in [-0.3, -0.25) is 10.1 Å². The predicted molar refractivity (Wildman–Crippen MR) is 84.9 cm³/mol. The highest BCUT2D eigenvalue weighted by Crippen LogP contribution is 2.25. The van der Waals surface area contributed by atoms with Crippen molar-refractivity contribution in [3.05, 3.63) is 75.8 Å². The molecule has 2 unspecified atom stereocenters. The molecular weight excluding hydrogens is 330 g/mol. The van der Waals surface area contributed by atoms with Gasteiger partial charge in [0.05, 0.1) is 4.92 Å². The SMILES string of the molecule is COC(OC(=O)C(O[C]=O)c1ccc([N+](=O)[O-])cc1)c1ccccc1. The molecule has 1 radical (unpaired) electrons. The Hall–Kier alpha value is -3.26. The van der Waals surface area contributed by atoms with Crippen LogP contribution in [-0.4, -0.2) is 24.5 Å². The first-order valence-corrected chi connectivity index (χ1v) is 7.12. The predicted octanol–water partition coefficient (Wildman–Crippen LogP) is 2.61. The average Bonchev–Trinajstić information content (AvgIpc) is 2.64. The van der Waals surface area contributed by atoms with E-state index in [2.05, 4.69) is 4.74 Å². The molecule has 0 aliphatic carbocycles. The Morgan fingerprint density at radius 1 is 1.08 bits per heavy atom. The van der Waals surface area contributed by atoms with E-state index in [4.69, 9.17) is 9.47 Å². The largest absolute Gasteiger partial charge is 0.437 e. The minimum atomic E-state index is -1.42. The molecule has 0 N–H and O–H groups in total. The molecule has 8 nitrogen and oxygen atoms in total. The number of nitro benzene ring substituents is 1. The lowest BCUT2D eigenvalue weighted by atomic mass is 10.1. The van der Waals surface area contributed by atoms with Crippen molar-refractivity contribution in [2.45, 2.75) is 12.4 Å². The standard InChI is InChI=1S/C17H14NO7/c1-23-17(13-5-3-2-4-6-13)25-16(20)15(24-11-19)12-7-9-14(10-8-12)18(21)22/h2-10,15,17H,1H3. The van der Waals surface area contributed by atoms with Crippen molar-refractivity contribution in [1.29, 1.82) is 0 Å². The van der Waals surface area contributed by atoms with E-state index in [1.54, 1.807) is 30.3 Å². The van der Waals surface area contributed by atoms with E-state index in [-0.39, 0.29) is 11.3 Å². The lowest BCUT2D eigenvalue weighted by Gasteiger charge is -2.20. The zero-order valence-electron chi connectivity index (χ0n) is 13.2. The summed E-state index contributed by atoms with van der Waals surface area (Å²) in [6, 6.07) is 13.7. The van der Waals surface area contributed by atoms with Crippen molar-refractivity contribution < 1.29 is 28.7 Å². The minimum absolute atomic E-state index is 0.162. The zero-order chi connectivity index (χ0) is 18.2. The number of methoxy groups -OCH3 is 1. The van der Waals surface area contributed by atoms with Crippen LogP contribution < -0.4 is 0 Å². The minimum Gasteiger partial charge on any atom is -0.437 e.